The molecule has 2 unspecified atom stereocenters. The van der Waals surface area contributed by atoms with E-state index in [1.54, 1.807) is 0 Å². The average Bonchev–Trinajstić information content (AvgIpc) is 2.49. The zero-order valence-corrected chi connectivity index (χ0v) is 12.8. The second-order valence-corrected chi connectivity index (χ2v) is 5.55. The van der Waals surface area contributed by atoms with Crippen molar-refractivity contribution >= 4 is 24.0 Å². The highest BCUT2D eigenvalue weighted by atomic mass is 35.5. The highest BCUT2D eigenvalue weighted by Crippen LogP contribution is 2.39. The summed E-state index contributed by atoms with van der Waals surface area (Å²) < 4.78 is 0. The van der Waals surface area contributed by atoms with Crippen LogP contribution in [0.5, 0.6) is 0 Å². The fourth-order valence-electron chi connectivity index (χ4n) is 3.06. The Morgan fingerprint density at radius 1 is 0.900 bits per heavy atom. The van der Waals surface area contributed by atoms with Crippen LogP contribution in [0.25, 0.3) is 0 Å². The van der Waals surface area contributed by atoms with E-state index >= 15 is 0 Å². The van der Waals surface area contributed by atoms with E-state index in [2.05, 4.69) is 47.8 Å². The van der Waals surface area contributed by atoms with Crippen molar-refractivity contribution < 1.29 is 0 Å². The summed E-state index contributed by atoms with van der Waals surface area (Å²) >= 11 is 6.38. The summed E-state index contributed by atoms with van der Waals surface area (Å²) in [6, 6.07) is 19.0. The van der Waals surface area contributed by atoms with E-state index in [0.717, 1.165) is 18.1 Å². The molecule has 2 aromatic carbocycles. The Morgan fingerprint density at radius 2 is 1.60 bits per heavy atom. The van der Waals surface area contributed by atoms with E-state index in [4.69, 9.17) is 11.6 Å². The largest absolute Gasteiger partial charge is 0.316 e. The topological polar surface area (TPSA) is 12.0 Å². The lowest BCUT2D eigenvalue weighted by atomic mass is 9.77. The van der Waals surface area contributed by atoms with Crippen molar-refractivity contribution in [2.45, 2.75) is 18.3 Å². The van der Waals surface area contributed by atoms with Gasteiger partial charge in [0.25, 0.3) is 0 Å². The van der Waals surface area contributed by atoms with Crippen molar-refractivity contribution in [1.29, 1.82) is 0 Å². The summed E-state index contributed by atoms with van der Waals surface area (Å²) in [5.41, 5.74) is 2.69. The molecule has 1 saturated heterocycles. The van der Waals surface area contributed by atoms with Gasteiger partial charge in [0.05, 0.1) is 0 Å². The maximum absolute atomic E-state index is 6.38. The van der Waals surface area contributed by atoms with Crippen molar-refractivity contribution in [2.75, 3.05) is 13.1 Å². The molecule has 0 aromatic heterocycles. The second-order valence-electron chi connectivity index (χ2n) is 5.14. The van der Waals surface area contributed by atoms with E-state index < -0.39 is 0 Å². The summed E-state index contributed by atoms with van der Waals surface area (Å²) in [7, 11) is 0. The van der Waals surface area contributed by atoms with Crippen LogP contribution in [0.4, 0.5) is 0 Å². The molecule has 1 aliphatic heterocycles. The van der Waals surface area contributed by atoms with Crippen LogP contribution in [-0.2, 0) is 0 Å². The first kappa shape index (κ1) is 15.4. The third-order valence-corrected chi connectivity index (χ3v) is 4.36. The molecule has 0 amide bonds. The van der Waals surface area contributed by atoms with Gasteiger partial charge in [0.1, 0.15) is 0 Å². The number of rotatable bonds is 2. The molecule has 0 bridgehead atoms. The van der Waals surface area contributed by atoms with E-state index in [1.165, 1.54) is 17.5 Å². The minimum absolute atomic E-state index is 0. The van der Waals surface area contributed by atoms with Gasteiger partial charge in [-0.1, -0.05) is 60.1 Å². The Hall–Kier alpha value is -1.02. The maximum Gasteiger partial charge on any atom is 0.0441 e. The lowest BCUT2D eigenvalue weighted by Gasteiger charge is -2.33. The summed E-state index contributed by atoms with van der Waals surface area (Å²) in [5, 5.41) is 4.39. The van der Waals surface area contributed by atoms with Gasteiger partial charge in [-0.25, -0.2) is 0 Å². The number of benzene rings is 2. The molecule has 1 fully saturated rings. The minimum Gasteiger partial charge on any atom is -0.316 e. The third kappa shape index (κ3) is 3.17. The SMILES string of the molecule is Cl.Clc1ccccc1C1CNCCC1c1ccccc1. The quantitative estimate of drug-likeness (QED) is 0.853. The van der Waals surface area contributed by atoms with E-state index in [-0.39, 0.29) is 12.4 Å². The summed E-state index contributed by atoms with van der Waals surface area (Å²) in [4.78, 5) is 0. The van der Waals surface area contributed by atoms with Crippen molar-refractivity contribution in [3.05, 3.63) is 70.7 Å². The summed E-state index contributed by atoms with van der Waals surface area (Å²) in [5.74, 6) is 1.02. The number of piperidine rings is 1. The molecule has 1 N–H and O–H groups in total. The first-order valence-electron chi connectivity index (χ1n) is 6.86. The third-order valence-electron chi connectivity index (χ3n) is 4.01. The molecule has 2 aromatic rings. The van der Waals surface area contributed by atoms with Crippen LogP contribution < -0.4 is 5.32 Å². The van der Waals surface area contributed by atoms with Crippen molar-refractivity contribution in [2.24, 2.45) is 0 Å². The molecule has 0 aliphatic carbocycles. The first-order valence-corrected chi connectivity index (χ1v) is 7.24. The standard InChI is InChI=1S/C17H18ClN.ClH/c18-17-9-5-4-8-15(17)16-12-19-11-10-14(16)13-6-2-1-3-7-13;/h1-9,14,16,19H,10-12H2;1H. The number of hydrogen-bond acceptors (Lipinski definition) is 1. The second kappa shape index (κ2) is 7.12. The molecule has 1 aliphatic rings. The van der Waals surface area contributed by atoms with Crippen LogP contribution in [0.2, 0.25) is 5.02 Å². The van der Waals surface area contributed by atoms with E-state index in [1.807, 2.05) is 12.1 Å². The van der Waals surface area contributed by atoms with Crippen LogP contribution in [0.3, 0.4) is 0 Å². The number of hydrogen-bond donors (Lipinski definition) is 1. The number of halogens is 2. The van der Waals surface area contributed by atoms with Gasteiger partial charge in [0.2, 0.25) is 0 Å². The van der Waals surface area contributed by atoms with Gasteiger partial charge in [-0.3, -0.25) is 0 Å². The van der Waals surface area contributed by atoms with Crippen LogP contribution in [0, 0.1) is 0 Å². The van der Waals surface area contributed by atoms with Crippen LogP contribution in [-0.4, -0.2) is 13.1 Å². The average molecular weight is 308 g/mol. The Morgan fingerprint density at radius 3 is 2.35 bits per heavy atom. The zero-order valence-electron chi connectivity index (χ0n) is 11.3. The number of nitrogens with one attached hydrogen (secondary N) is 1. The Balaban J connectivity index is 0.00000147. The van der Waals surface area contributed by atoms with Crippen LogP contribution in [0.1, 0.15) is 29.4 Å². The zero-order chi connectivity index (χ0) is 13.1. The minimum atomic E-state index is 0. The molecule has 0 radical (unpaired) electrons. The highest BCUT2D eigenvalue weighted by molar-refractivity contribution is 6.31. The lowest BCUT2D eigenvalue weighted by Crippen LogP contribution is -2.34. The summed E-state index contributed by atoms with van der Waals surface area (Å²) in [6.07, 6.45) is 1.17. The maximum atomic E-state index is 6.38. The molecule has 1 nitrogen and oxygen atoms in total. The van der Waals surface area contributed by atoms with E-state index in [9.17, 15) is 0 Å². The lowest BCUT2D eigenvalue weighted by molar-refractivity contribution is 0.404. The molecule has 0 saturated carbocycles. The van der Waals surface area contributed by atoms with E-state index in [0.29, 0.717) is 11.8 Å². The monoisotopic (exact) mass is 307 g/mol. The Kier molecular flexibility index (Phi) is 5.47. The van der Waals surface area contributed by atoms with Gasteiger partial charge in [-0.2, -0.15) is 0 Å². The molecule has 1 heterocycles. The van der Waals surface area contributed by atoms with Crippen LogP contribution in [0.15, 0.2) is 54.6 Å². The van der Waals surface area contributed by atoms with Crippen LogP contribution >= 0.6 is 24.0 Å². The van der Waals surface area contributed by atoms with Gasteiger partial charge < -0.3 is 5.32 Å². The normalized spacial score (nSPS) is 22.1. The molecule has 20 heavy (non-hydrogen) atoms. The molecule has 2 atom stereocenters. The first-order chi connectivity index (χ1) is 9.36. The molecule has 3 rings (SSSR count). The predicted octanol–water partition coefficient (Wildman–Crippen LogP) is 4.62. The molecular formula is C17H19Cl2N. The van der Waals surface area contributed by atoms with Gasteiger partial charge in [-0.05, 0) is 36.1 Å². The van der Waals surface area contributed by atoms with Crippen molar-refractivity contribution in [3.63, 3.8) is 0 Å². The molecule has 3 heteroatoms. The van der Waals surface area contributed by atoms with Gasteiger partial charge in [0, 0.05) is 17.5 Å². The van der Waals surface area contributed by atoms with Gasteiger partial charge in [0.15, 0.2) is 0 Å². The predicted molar refractivity (Wildman–Crippen MR) is 88.1 cm³/mol. The summed E-state index contributed by atoms with van der Waals surface area (Å²) in [6.45, 7) is 2.09. The van der Waals surface area contributed by atoms with Gasteiger partial charge in [-0.15, -0.1) is 12.4 Å². The Labute approximate surface area is 131 Å². The fourth-order valence-corrected chi connectivity index (χ4v) is 3.34. The van der Waals surface area contributed by atoms with Crippen molar-refractivity contribution in [1.82, 2.24) is 5.32 Å². The molecular weight excluding hydrogens is 289 g/mol. The van der Waals surface area contributed by atoms with Gasteiger partial charge >= 0.3 is 0 Å². The molecule has 0 spiro atoms. The smallest absolute Gasteiger partial charge is 0.0441 e. The molecule has 106 valence electrons. The Bertz CT molecular complexity index is 542. The highest BCUT2D eigenvalue weighted by Gasteiger charge is 2.28. The fraction of sp³-hybridized carbons (Fsp3) is 0.294. The van der Waals surface area contributed by atoms with Crippen molar-refractivity contribution in [3.8, 4) is 0 Å².